The number of amides is 2. The standard InChI is InChI=1S/C16H18BrN3O2/c1-9-4-10(2)15(11(3)5-9)20-14(21)8-19-16(22)13-6-12(17)7-18-13/h4-7,18H,8H2,1-3H3,(H,19,22)(H,20,21). The smallest absolute Gasteiger partial charge is 0.268 e. The zero-order valence-electron chi connectivity index (χ0n) is 12.7. The lowest BCUT2D eigenvalue weighted by molar-refractivity contribution is -0.115. The monoisotopic (exact) mass is 363 g/mol. The summed E-state index contributed by atoms with van der Waals surface area (Å²) in [6.07, 6.45) is 1.66. The third-order valence-corrected chi connectivity index (χ3v) is 3.70. The van der Waals surface area contributed by atoms with Gasteiger partial charge >= 0.3 is 0 Å². The van der Waals surface area contributed by atoms with Crippen molar-refractivity contribution in [3.8, 4) is 0 Å². The van der Waals surface area contributed by atoms with E-state index in [1.165, 1.54) is 0 Å². The molecular weight excluding hydrogens is 346 g/mol. The van der Waals surface area contributed by atoms with E-state index in [2.05, 4.69) is 31.5 Å². The number of nitrogens with one attached hydrogen (secondary N) is 3. The van der Waals surface area contributed by atoms with Crippen LogP contribution in [-0.4, -0.2) is 23.3 Å². The molecule has 0 aliphatic rings. The molecule has 1 aromatic carbocycles. The van der Waals surface area contributed by atoms with E-state index in [1.807, 2.05) is 32.9 Å². The van der Waals surface area contributed by atoms with Crippen LogP contribution in [0.4, 0.5) is 5.69 Å². The summed E-state index contributed by atoms with van der Waals surface area (Å²) in [7, 11) is 0. The van der Waals surface area contributed by atoms with Crippen molar-refractivity contribution in [2.24, 2.45) is 0 Å². The second kappa shape index (κ2) is 6.79. The Kier molecular flexibility index (Phi) is 5.03. The Morgan fingerprint density at radius 2 is 1.77 bits per heavy atom. The molecule has 0 bridgehead atoms. The van der Waals surface area contributed by atoms with Crippen molar-refractivity contribution in [1.82, 2.24) is 10.3 Å². The molecule has 0 saturated carbocycles. The van der Waals surface area contributed by atoms with E-state index in [4.69, 9.17) is 0 Å². The number of aryl methyl sites for hydroxylation is 3. The van der Waals surface area contributed by atoms with Crippen molar-refractivity contribution in [2.75, 3.05) is 11.9 Å². The van der Waals surface area contributed by atoms with E-state index in [1.54, 1.807) is 12.3 Å². The normalized spacial score (nSPS) is 10.4. The van der Waals surface area contributed by atoms with Gasteiger partial charge in [-0.15, -0.1) is 0 Å². The summed E-state index contributed by atoms with van der Waals surface area (Å²) in [5, 5.41) is 5.42. The minimum absolute atomic E-state index is 0.0811. The van der Waals surface area contributed by atoms with Gasteiger partial charge in [0.1, 0.15) is 5.69 Å². The lowest BCUT2D eigenvalue weighted by Gasteiger charge is -2.13. The highest BCUT2D eigenvalue weighted by atomic mass is 79.9. The summed E-state index contributed by atoms with van der Waals surface area (Å²) in [5.41, 5.74) is 4.37. The lowest BCUT2D eigenvalue weighted by Crippen LogP contribution is -2.33. The minimum atomic E-state index is -0.321. The van der Waals surface area contributed by atoms with Crippen LogP contribution in [-0.2, 0) is 4.79 Å². The molecule has 1 heterocycles. The fraction of sp³-hybridized carbons (Fsp3) is 0.250. The summed E-state index contributed by atoms with van der Waals surface area (Å²) in [6.45, 7) is 5.83. The highest BCUT2D eigenvalue weighted by Crippen LogP contribution is 2.21. The summed E-state index contributed by atoms with van der Waals surface area (Å²) >= 11 is 3.26. The van der Waals surface area contributed by atoms with Crippen LogP contribution >= 0.6 is 15.9 Å². The molecule has 0 saturated heterocycles. The van der Waals surface area contributed by atoms with Gasteiger partial charge in [-0.05, 0) is 53.9 Å². The molecule has 1 aromatic heterocycles. The zero-order valence-corrected chi connectivity index (χ0v) is 14.3. The average molecular weight is 364 g/mol. The van der Waals surface area contributed by atoms with Crippen molar-refractivity contribution >= 4 is 33.4 Å². The highest BCUT2D eigenvalue weighted by Gasteiger charge is 2.11. The molecular formula is C16H18BrN3O2. The molecule has 0 unspecified atom stereocenters. The molecule has 2 aromatic rings. The number of benzene rings is 1. The SMILES string of the molecule is Cc1cc(C)c(NC(=O)CNC(=O)c2cc(Br)c[nH]2)c(C)c1. The van der Waals surface area contributed by atoms with E-state index in [0.29, 0.717) is 5.69 Å². The summed E-state index contributed by atoms with van der Waals surface area (Å²) in [5.74, 6) is -0.577. The van der Waals surface area contributed by atoms with Crippen LogP contribution in [0.25, 0.3) is 0 Å². The van der Waals surface area contributed by atoms with Crippen molar-refractivity contribution in [3.63, 3.8) is 0 Å². The predicted molar refractivity (Wildman–Crippen MR) is 90.1 cm³/mol. The van der Waals surface area contributed by atoms with Gasteiger partial charge in [-0.3, -0.25) is 9.59 Å². The van der Waals surface area contributed by atoms with Gasteiger partial charge in [-0.25, -0.2) is 0 Å². The molecule has 0 radical (unpaired) electrons. The van der Waals surface area contributed by atoms with E-state index < -0.39 is 0 Å². The number of carbonyl (C=O) groups is 2. The number of hydrogen-bond acceptors (Lipinski definition) is 2. The van der Waals surface area contributed by atoms with Gasteiger partial charge in [0, 0.05) is 16.4 Å². The molecule has 116 valence electrons. The fourth-order valence-electron chi connectivity index (χ4n) is 2.32. The third kappa shape index (κ3) is 3.98. The van der Waals surface area contributed by atoms with Crippen LogP contribution in [0, 0.1) is 20.8 Å². The molecule has 0 spiro atoms. The van der Waals surface area contributed by atoms with Gasteiger partial charge in [0.25, 0.3) is 5.91 Å². The van der Waals surface area contributed by atoms with Gasteiger partial charge < -0.3 is 15.6 Å². The number of hydrogen-bond donors (Lipinski definition) is 3. The van der Waals surface area contributed by atoms with Crippen molar-refractivity contribution in [1.29, 1.82) is 0 Å². The molecule has 3 N–H and O–H groups in total. The molecule has 2 rings (SSSR count). The van der Waals surface area contributed by atoms with Gasteiger partial charge in [0.15, 0.2) is 0 Å². The van der Waals surface area contributed by atoms with Crippen LogP contribution in [0.3, 0.4) is 0 Å². The number of aromatic nitrogens is 1. The van der Waals surface area contributed by atoms with Crippen LogP contribution < -0.4 is 10.6 Å². The van der Waals surface area contributed by atoms with Crippen molar-refractivity contribution < 1.29 is 9.59 Å². The maximum atomic E-state index is 12.0. The number of carbonyl (C=O) groups excluding carboxylic acids is 2. The fourth-order valence-corrected chi connectivity index (χ4v) is 2.66. The first kappa shape index (κ1) is 16.3. The first-order valence-corrected chi connectivity index (χ1v) is 7.66. The number of H-pyrrole nitrogens is 1. The van der Waals surface area contributed by atoms with Crippen molar-refractivity contribution in [2.45, 2.75) is 20.8 Å². The van der Waals surface area contributed by atoms with Crippen LogP contribution in [0.1, 0.15) is 27.2 Å². The Morgan fingerprint density at radius 3 is 2.32 bits per heavy atom. The van der Waals surface area contributed by atoms with Crippen molar-refractivity contribution in [3.05, 3.63) is 51.3 Å². The number of halogens is 1. The Labute approximate surface area is 137 Å². The van der Waals surface area contributed by atoms with Gasteiger partial charge in [-0.2, -0.15) is 0 Å². The summed E-state index contributed by atoms with van der Waals surface area (Å²) < 4.78 is 0.785. The zero-order chi connectivity index (χ0) is 16.3. The molecule has 0 aliphatic carbocycles. The Balaban J connectivity index is 1.95. The Hall–Kier alpha value is -2.08. The maximum absolute atomic E-state index is 12.0. The number of anilines is 1. The first-order chi connectivity index (χ1) is 10.4. The minimum Gasteiger partial charge on any atom is -0.356 e. The second-order valence-electron chi connectivity index (χ2n) is 5.24. The Bertz CT molecular complexity index is 699. The van der Waals surface area contributed by atoms with Crippen LogP contribution in [0.5, 0.6) is 0 Å². The molecule has 0 aliphatic heterocycles. The van der Waals surface area contributed by atoms with Crippen LogP contribution in [0.15, 0.2) is 28.9 Å². The second-order valence-corrected chi connectivity index (χ2v) is 6.15. The molecule has 5 nitrogen and oxygen atoms in total. The lowest BCUT2D eigenvalue weighted by atomic mass is 10.1. The largest absolute Gasteiger partial charge is 0.356 e. The summed E-state index contributed by atoms with van der Waals surface area (Å²) in [6, 6.07) is 5.68. The molecule has 0 fully saturated rings. The first-order valence-electron chi connectivity index (χ1n) is 6.86. The van der Waals surface area contributed by atoms with E-state index in [-0.39, 0.29) is 18.4 Å². The molecule has 2 amide bonds. The average Bonchev–Trinajstić information content (AvgIpc) is 2.87. The number of rotatable bonds is 4. The topological polar surface area (TPSA) is 74.0 Å². The van der Waals surface area contributed by atoms with Gasteiger partial charge in [0.05, 0.1) is 6.54 Å². The molecule has 22 heavy (non-hydrogen) atoms. The van der Waals surface area contributed by atoms with Crippen LogP contribution in [0.2, 0.25) is 0 Å². The van der Waals surface area contributed by atoms with E-state index in [9.17, 15) is 9.59 Å². The van der Waals surface area contributed by atoms with E-state index >= 15 is 0 Å². The predicted octanol–water partition coefficient (Wildman–Crippen LogP) is 3.07. The van der Waals surface area contributed by atoms with Gasteiger partial charge in [0.2, 0.25) is 5.91 Å². The summed E-state index contributed by atoms with van der Waals surface area (Å²) in [4.78, 5) is 26.7. The third-order valence-electron chi connectivity index (χ3n) is 3.24. The molecule has 6 heteroatoms. The maximum Gasteiger partial charge on any atom is 0.268 e. The molecule has 0 atom stereocenters. The Morgan fingerprint density at radius 1 is 1.14 bits per heavy atom. The van der Waals surface area contributed by atoms with E-state index in [0.717, 1.165) is 26.9 Å². The quantitative estimate of drug-likeness (QED) is 0.780. The van der Waals surface area contributed by atoms with Gasteiger partial charge in [-0.1, -0.05) is 17.7 Å². The number of aromatic amines is 1. The highest BCUT2D eigenvalue weighted by molar-refractivity contribution is 9.10.